The van der Waals surface area contributed by atoms with E-state index in [9.17, 15) is 9.59 Å². The lowest BCUT2D eigenvalue weighted by Crippen LogP contribution is -2.55. The van der Waals surface area contributed by atoms with Crippen LogP contribution < -0.4 is 10.1 Å². The van der Waals surface area contributed by atoms with Crippen LogP contribution >= 0.6 is 12.4 Å². The smallest absolute Gasteiger partial charge is 0.244 e. The second kappa shape index (κ2) is 8.17. The summed E-state index contributed by atoms with van der Waals surface area (Å²) in [6.07, 6.45) is 3.79. The van der Waals surface area contributed by atoms with Gasteiger partial charge in [0.15, 0.2) is 0 Å². The molecule has 0 aliphatic carbocycles. The first-order valence-electron chi connectivity index (χ1n) is 7.77. The molecule has 3 rings (SSSR count). The maximum Gasteiger partial charge on any atom is 0.244 e. The highest BCUT2D eigenvalue weighted by molar-refractivity contribution is 5.90. The summed E-state index contributed by atoms with van der Waals surface area (Å²) in [5, 5.41) is 3.09. The van der Waals surface area contributed by atoms with Gasteiger partial charge in [0.1, 0.15) is 11.8 Å². The van der Waals surface area contributed by atoms with Crippen LogP contribution in [0.5, 0.6) is 5.75 Å². The Bertz CT molecular complexity index is 618. The molecule has 1 saturated heterocycles. The normalized spacial score (nSPS) is 20.0. The molecule has 7 heteroatoms. The highest BCUT2D eigenvalue weighted by Gasteiger charge is 2.30. The van der Waals surface area contributed by atoms with Crippen LogP contribution in [0.25, 0.3) is 0 Å². The fraction of sp³-hybridized carbons (Fsp3) is 0.412. The number of ether oxygens (including phenoxy) is 1. The lowest BCUT2D eigenvalue weighted by molar-refractivity contribution is -0.146. The van der Waals surface area contributed by atoms with E-state index in [2.05, 4.69) is 5.32 Å². The Labute approximate surface area is 147 Å². The monoisotopic (exact) mass is 351 g/mol. The minimum Gasteiger partial charge on any atom is -0.497 e. The zero-order chi connectivity index (χ0) is 16.2. The number of benzene rings is 1. The van der Waals surface area contributed by atoms with Gasteiger partial charge in [0.05, 0.1) is 13.7 Å². The first-order chi connectivity index (χ1) is 11.2. The molecular weight excluding hydrogens is 330 g/mol. The van der Waals surface area contributed by atoms with Gasteiger partial charge in [-0.3, -0.25) is 14.9 Å². The van der Waals surface area contributed by atoms with Crippen LogP contribution in [0.4, 0.5) is 0 Å². The van der Waals surface area contributed by atoms with Gasteiger partial charge in [0.2, 0.25) is 11.8 Å². The van der Waals surface area contributed by atoms with E-state index < -0.39 is 0 Å². The third-order valence-corrected chi connectivity index (χ3v) is 4.21. The molecule has 2 heterocycles. The van der Waals surface area contributed by atoms with Gasteiger partial charge in [-0.25, -0.2) is 0 Å². The molecule has 1 atom stereocenters. The predicted molar refractivity (Wildman–Crippen MR) is 93.2 cm³/mol. The lowest BCUT2D eigenvalue weighted by Gasteiger charge is -2.35. The molecule has 1 aromatic rings. The Kier molecular flexibility index (Phi) is 6.23. The first kappa shape index (κ1) is 18.3. The fourth-order valence-corrected chi connectivity index (χ4v) is 2.85. The van der Waals surface area contributed by atoms with E-state index >= 15 is 0 Å². The summed E-state index contributed by atoms with van der Waals surface area (Å²) >= 11 is 0. The SMILES string of the molecule is COc1ccc(CN2CCN(C(=O)C3C=CCN3)CC2=O)cc1.Cl. The van der Waals surface area contributed by atoms with Gasteiger partial charge in [-0.15, -0.1) is 12.4 Å². The zero-order valence-electron chi connectivity index (χ0n) is 13.6. The zero-order valence-corrected chi connectivity index (χ0v) is 14.4. The molecule has 130 valence electrons. The summed E-state index contributed by atoms with van der Waals surface area (Å²) in [6.45, 7) is 2.56. The third kappa shape index (κ3) is 4.07. The molecule has 1 aromatic carbocycles. The molecule has 2 aliphatic rings. The van der Waals surface area contributed by atoms with E-state index in [0.717, 1.165) is 11.3 Å². The van der Waals surface area contributed by atoms with Crippen LogP contribution in [-0.4, -0.2) is 60.9 Å². The van der Waals surface area contributed by atoms with Crippen molar-refractivity contribution in [3.63, 3.8) is 0 Å². The third-order valence-electron chi connectivity index (χ3n) is 4.21. The van der Waals surface area contributed by atoms with Gasteiger partial charge in [-0.1, -0.05) is 24.3 Å². The molecular formula is C17H22ClN3O3. The molecule has 0 spiro atoms. The number of carbonyl (C=O) groups is 2. The largest absolute Gasteiger partial charge is 0.497 e. The maximum atomic E-state index is 12.3. The molecule has 1 N–H and O–H groups in total. The van der Waals surface area contributed by atoms with Crippen LogP contribution in [0.1, 0.15) is 5.56 Å². The Morgan fingerprint density at radius 2 is 2.04 bits per heavy atom. The van der Waals surface area contributed by atoms with Crippen molar-refractivity contribution in [2.75, 3.05) is 33.3 Å². The average Bonchev–Trinajstić information content (AvgIpc) is 3.11. The van der Waals surface area contributed by atoms with Gasteiger partial charge >= 0.3 is 0 Å². The second-order valence-corrected chi connectivity index (χ2v) is 5.74. The molecule has 1 unspecified atom stereocenters. The minimum atomic E-state index is -0.282. The van der Waals surface area contributed by atoms with Crippen molar-refractivity contribution in [2.45, 2.75) is 12.6 Å². The van der Waals surface area contributed by atoms with Crippen molar-refractivity contribution in [1.82, 2.24) is 15.1 Å². The second-order valence-electron chi connectivity index (χ2n) is 5.74. The summed E-state index contributed by atoms with van der Waals surface area (Å²) in [5.74, 6) is 0.770. The van der Waals surface area contributed by atoms with E-state index in [0.29, 0.717) is 26.2 Å². The molecule has 0 saturated carbocycles. The van der Waals surface area contributed by atoms with E-state index in [1.165, 1.54) is 0 Å². The van der Waals surface area contributed by atoms with Crippen LogP contribution in [0.2, 0.25) is 0 Å². The van der Waals surface area contributed by atoms with Gasteiger partial charge in [-0.2, -0.15) is 0 Å². The van der Waals surface area contributed by atoms with Crippen molar-refractivity contribution in [1.29, 1.82) is 0 Å². The van der Waals surface area contributed by atoms with Crippen LogP contribution in [0.3, 0.4) is 0 Å². The number of nitrogens with one attached hydrogen (secondary N) is 1. The van der Waals surface area contributed by atoms with Crippen molar-refractivity contribution >= 4 is 24.2 Å². The van der Waals surface area contributed by atoms with Crippen molar-refractivity contribution < 1.29 is 14.3 Å². The number of amides is 2. The minimum absolute atomic E-state index is 0. The Morgan fingerprint density at radius 3 is 2.62 bits per heavy atom. The number of carbonyl (C=O) groups excluding carboxylic acids is 2. The summed E-state index contributed by atoms with van der Waals surface area (Å²) in [4.78, 5) is 28.1. The first-order valence-corrected chi connectivity index (χ1v) is 7.77. The van der Waals surface area contributed by atoms with Crippen molar-refractivity contribution in [2.24, 2.45) is 0 Å². The van der Waals surface area contributed by atoms with Gasteiger partial charge in [-0.05, 0) is 17.7 Å². The summed E-state index contributed by atoms with van der Waals surface area (Å²) in [7, 11) is 1.63. The van der Waals surface area contributed by atoms with Crippen molar-refractivity contribution in [3.8, 4) is 5.75 Å². The fourth-order valence-electron chi connectivity index (χ4n) is 2.85. The van der Waals surface area contributed by atoms with E-state index in [1.807, 2.05) is 36.4 Å². The molecule has 2 amide bonds. The van der Waals surface area contributed by atoms with Crippen molar-refractivity contribution in [3.05, 3.63) is 42.0 Å². The number of hydrogen-bond donors (Lipinski definition) is 1. The molecule has 0 radical (unpaired) electrons. The van der Waals surface area contributed by atoms with E-state index in [4.69, 9.17) is 4.74 Å². The van der Waals surface area contributed by atoms with Gasteiger partial charge in [0, 0.05) is 26.2 Å². The molecule has 24 heavy (non-hydrogen) atoms. The van der Waals surface area contributed by atoms with E-state index in [-0.39, 0.29) is 36.8 Å². The molecule has 0 bridgehead atoms. The quantitative estimate of drug-likeness (QED) is 0.816. The lowest BCUT2D eigenvalue weighted by atomic mass is 10.1. The Hall–Kier alpha value is -2.05. The number of piperazine rings is 1. The number of hydrogen-bond acceptors (Lipinski definition) is 4. The number of methoxy groups -OCH3 is 1. The molecule has 0 aromatic heterocycles. The maximum absolute atomic E-state index is 12.3. The Morgan fingerprint density at radius 1 is 1.29 bits per heavy atom. The number of nitrogens with zero attached hydrogens (tertiary/aromatic N) is 2. The number of halogens is 1. The van der Waals surface area contributed by atoms with Crippen LogP contribution in [0.15, 0.2) is 36.4 Å². The standard InChI is InChI=1S/C17H21N3O3.ClH/c1-23-14-6-4-13(5-7-14)11-19-9-10-20(12-16(19)21)17(22)15-3-2-8-18-15;/h2-7,15,18H,8-12H2,1H3;1H. The van der Waals surface area contributed by atoms with Gasteiger partial charge in [0.25, 0.3) is 0 Å². The van der Waals surface area contributed by atoms with Crippen LogP contribution in [-0.2, 0) is 16.1 Å². The average molecular weight is 352 g/mol. The molecule has 6 nitrogen and oxygen atoms in total. The highest BCUT2D eigenvalue weighted by atomic mass is 35.5. The van der Waals surface area contributed by atoms with E-state index in [1.54, 1.807) is 16.9 Å². The highest BCUT2D eigenvalue weighted by Crippen LogP contribution is 2.15. The van der Waals surface area contributed by atoms with Crippen LogP contribution in [0, 0.1) is 0 Å². The molecule has 1 fully saturated rings. The topological polar surface area (TPSA) is 61.9 Å². The number of rotatable bonds is 4. The predicted octanol–water partition coefficient (Wildman–Crippen LogP) is 0.816. The Balaban J connectivity index is 0.00000208. The molecule has 2 aliphatic heterocycles. The van der Waals surface area contributed by atoms with Gasteiger partial charge < -0.3 is 14.5 Å². The summed E-state index contributed by atoms with van der Waals surface area (Å²) < 4.78 is 5.13. The summed E-state index contributed by atoms with van der Waals surface area (Å²) in [6, 6.07) is 7.40. The summed E-state index contributed by atoms with van der Waals surface area (Å²) in [5.41, 5.74) is 1.05.